The number of rotatable bonds is 4. The lowest BCUT2D eigenvalue weighted by atomic mass is 10.2. The molecule has 0 saturated carbocycles. The highest BCUT2D eigenvalue weighted by molar-refractivity contribution is 7.89. The molecule has 20 heavy (non-hydrogen) atoms. The highest BCUT2D eigenvalue weighted by Crippen LogP contribution is 2.20. The lowest BCUT2D eigenvalue weighted by Gasteiger charge is -2.11. The van der Waals surface area contributed by atoms with Crippen LogP contribution in [0.2, 0.25) is 0 Å². The quantitative estimate of drug-likeness (QED) is 0.926. The van der Waals surface area contributed by atoms with Crippen LogP contribution in [0.3, 0.4) is 0 Å². The van der Waals surface area contributed by atoms with E-state index in [-0.39, 0.29) is 11.0 Å². The number of hydrogen-bond donors (Lipinski definition) is 1. The van der Waals surface area contributed by atoms with Crippen molar-refractivity contribution in [3.63, 3.8) is 0 Å². The molecule has 1 saturated heterocycles. The molecule has 1 aromatic heterocycles. The second-order valence-corrected chi connectivity index (χ2v) is 6.62. The molecule has 0 aliphatic carbocycles. The number of ether oxygens (including phenoxy) is 1. The largest absolute Gasteiger partial charge is 0.441 e. The second-order valence-electron chi connectivity index (χ2n) is 4.85. The van der Waals surface area contributed by atoms with Crippen LogP contribution in [0.25, 0.3) is 11.1 Å². The van der Waals surface area contributed by atoms with E-state index in [1.165, 1.54) is 12.1 Å². The summed E-state index contributed by atoms with van der Waals surface area (Å²) in [6.07, 6.45) is 1.85. The molecule has 108 valence electrons. The van der Waals surface area contributed by atoms with Gasteiger partial charge in [0.1, 0.15) is 5.52 Å². The van der Waals surface area contributed by atoms with Gasteiger partial charge in [0.25, 0.3) is 0 Å². The first-order valence-electron chi connectivity index (χ1n) is 6.53. The van der Waals surface area contributed by atoms with Crippen LogP contribution in [0.15, 0.2) is 27.5 Å². The predicted octanol–water partition coefficient (Wildman–Crippen LogP) is 1.59. The van der Waals surface area contributed by atoms with Gasteiger partial charge < -0.3 is 9.15 Å². The first-order chi connectivity index (χ1) is 9.54. The highest BCUT2D eigenvalue weighted by Gasteiger charge is 2.20. The first kappa shape index (κ1) is 13.5. The molecule has 1 aliphatic rings. The standard InChI is InChI=1S/C13H16N2O4S/c1-9-15-12-7-11(4-5-13(12)19-9)20(16,17)14-8-10-3-2-6-18-10/h4-5,7,10,14H,2-3,6,8H2,1H3. The fraction of sp³-hybridized carbons (Fsp3) is 0.462. The summed E-state index contributed by atoms with van der Waals surface area (Å²) in [5.74, 6) is 0.516. The molecule has 0 spiro atoms. The summed E-state index contributed by atoms with van der Waals surface area (Å²) < 4.78 is 37.7. The minimum absolute atomic E-state index is 0.0252. The molecule has 0 amide bonds. The van der Waals surface area contributed by atoms with E-state index in [2.05, 4.69) is 9.71 Å². The molecule has 0 radical (unpaired) electrons. The van der Waals surface area contributed by atoms with E-state index in [1.807, 2.05) is 0 Å². The van der Waals surface area contributed by atoms with Crippen molar-refractivity contribution in [2.75, 3.05) is 13.2 Å². The lowest BCUT2D eigenvalue weighted by molar-refractivity contribution is 0.114. The summed E-state index contributed by atoms with van der Waals surface area (Å²) >= 11 is 0. The average Bonchev–Trinajstić information content (AvgIpc) is 3.03. The van der Waals surface area contributed by atoms with Gasteiger partial charge in [0.15, 0.2) is 11.5 Å². The molecule has 3 rings (SSSR count). The summed E-state index contributed by atoms with van der Waals surface area (Å²) in [6, 6.07) is 4.66. The molecule has 2 heterocycles. The van der Waals surface area contributed by atoms with Crippen LogP contribution < -0.4 is 4.72 Å². The van der Waals surface area contributed by atoms with E-state index in [9.17, 15) is 8.42 Å². The van der Waals surface area contributed by atoms with E-state index < -0.39 is 10.0 Å². The van der Waals surface area contributed by atoms with Gasteiger partial charge in [0.05, 0.1) is 11.0 Å². The molecular formula is C13H16N2O4S. The van der Waals surface area contributed by atoms with Gasteiger partial charge in [-0.3, -0.25) is 0 Å². The van der Waals surface area contributed by atoms with Gasteiger partial charge in [-0.15, -0.1) is 0 Å². The Morgan fingerprint density at radius 3 is 3.05 bits per heavy atom. The molecular weight excluding hydrogens is 280 g/mol. The molecule has 1 N–H and O–H groups in total. The normalized spacial score (nSPS) is 19.8. The van der Waals surface area contributed by atoms with Crippen molar-refractivity contribution in [3.05, 3.63) is 24.1 Å². The van der Waals surface area contributed by atoms with Crippen molar-refractivity contribution in [1.82, 2.24) is 9.71 Å². The minimum atomic E-state index is -3.54. The maximum absolute atomic E-state index is 12.2. The topological polar surface area (TPSA) is 81.4 Å². The molecule has 2 aromatic rings. The Labute approximate surface area is 117 Å². The Morgan fingerprint density at radius 2 is 2.30 bits per heavy atom. The molecule has 6 nitrogen and oxygen atoms in total. The van der Waals surface area contributed by atoms with Crippen molar-refractivity contribution in [2.24, 2.45) is 0 Å². The maximum atomic E-state index is 12.2. The number of fused-ring (bicyclic) bond motifs is 1. The van der Waals surface area contributed by atoms with Crippen LogP contribution in [0, 0.1) is 6.92 Å². The number of aryl methyl sites for hydroxylation is 1. The lowest BCUT2D eigenvalue weighted by Crippen LogP contribution is -2.31. The summed E-state index contributed by atoms with van der Waals surface area (Å²) in [7, 11) is -3.54. The van der Waals surface area contributed by atoms with E-state index >= 15 is 0 Å². The zero-order valence-electron chi connectivity index (χ0n) is 11.1. The number of nitrogens with zero attached hydrogens (tertiary/aromatic N) is 1. The van der Waals surface area contributed by atoms with E-state index in [0.717, 1.165) is 12.8 Å². The van der Waals surface area contributed by atoms with Gasteiger partial charge in [0.2, 0.25) is 10.0 Å². The molecule has 7 heteroatoms. The summed E-state index contributed by atoms with van der Waals surface area (Å²) in [5, 5.41) is 0. The highest BCUT2D eigenvalue weighted by atomic mass is 32.2. The second kappa shape index (κ2) is 5.16. The zero-order chi connectivity index (χ0) is 14.2. The van der Waals surface area contributed by atoms with Crippen LogP contribution >= 0.6 is 0 Å². The van der Waals surface area contributed by atoms with Crippen molar-refractivity contribution < 1.29 is 17.6 Å². The van der Waals surface area contributed by atoms with Gasteiger partial charge in [-0.1, -0.05) is 0 Å². The number of benzene rings is 1. The molecule has 0 bridgehead atoms. The van der Waals surface area contributed by atoms with E-state index in [1.54, 1.807) is 13.0 Å². The van der Waals surface area contributed by atoms with Crippen LogP contribution in [0.5, 0.6) is 0 Å². The number of oxazole rings is 1. The van der Waals surface area contributed by atoms with E-state index in [0.29, 0.717) is 30.1 Å². The smallest absolute Gasteiger partial charge is 0.240 e. The third-order valence-electron chi connectivity index (χ3n) is 3.30. The fourth-order valence-electron chi connectivity index (χ4n) is 2.28. The molecule has 1 aromatic carbocycles. The number of hydrogen-bond acceptors (Lipinski definition) is 5. The number of sulfonamides is 1. The van der Waals surface area contributed by atoms with Gasteiger partial charge in [-0.25, -0.2) is 18.1 Å². The van der Waals surface area contributed by atoms with Crippen molar-refractivity contribution in [1.29, 1.82) is 0 Å². The molecule has 1 atom stereocenters. The van der Waals surface area contributed by atoms with Crippen LogP contribution in [0.1, 0.15) is 18.7 Å². The Balaban J connectivity index is 1.80. The van der Waals surface area contributed by atoms with Crippen LogP contribution in [-0.4, -0.2) is 32.7 Å². The number of aromatic nitrogens is 1. The Hall–Kier alpha value is -1.44. The average molecular weight is 296 g/mol. The van der Waals surface area contributed by atoms with Crippen molar-refractivity contribution in [2.45, 2.75) is 30.8 Å². The molecule has 1 aliphatic heterocycles. The first-order valence-corrected chi connectivity index (χ1v) is 8.01. The Bertz CT molecular complexity index is 717. The fourth-order valence-corrected chi connectivity index (χ4v) is 3.37. The monoisotopic (exact) mass is 296 g/mol. The molecule has 1 fully saturated rings. The zero-order valence-corrected chi connectivity index (χ0v) is 11.9. The Morgan fingerprint density at radius 1 is 1.45 bits per heavy atom. The van der Waals surface area contributed by atoms with Crippen LogP contribution in [0.4, 0.5) is 0 Å². The van der Waals surface area contributed by atoms with Gasteiger partial charge in [-0.05, 0) is 31.0 Å². The Kier molecular flexibility index (Phi) is 3.49. The maximum Gasteiger partial charge on any atom is 0.240 e. The van der Waals surface area contributed by atoms with Gasteiger partial charge >= 0.3 is 0 Å². The minimum Gasteiger partial charge on any atom is -0.441 e. The number of nitrogens with one attached hydrogen (secondary N) is 1. The van der Waals surface area contributed by atoms with E-state index in [4.69, 9.17) is 9.15 Å². The van der Waals surface area contributed by atoms with Crippen molar-refractivity contribution in [3.8, 4) is 0 Å². The van der Waals surface area contributed by atoms with Crippen molar-refractivity contribution >= 4 is 21.1 Å². The third-order valence-corrected chi connectivity index (χ3v) is 4.72. The van der Waals surface area contributed by atoms with Gasteiger partial charge in [-0.2, -0.15) is 0 Å². The predicted molar refractivity (Wildman–Crippen MR) is 72.9 cm³/mol. The summed E-state index contributed by atoms with van der Waals surface area (Å²) in [5.41, 5.74) is 1.13. The summed E-state index contributed by atoms with van der Waals surface area (Å²) in [4.78, 5) is 4.33. The SMILES string of the molecule is Cc1nc2cc(S(=O)(=O)NCC3CCCO3)ccc2o1. The molecule has 1 unspecified atom stereocenters. The third kappa shape index (κ3) is 2.70. The summed E-state index contributed by atoms with van der Waals surface area (Å²) in [6.45, 7) is 2.73. The van der Waals surface area contributed by atoms with Gasteiger partial charge in [0, 0.05) is 20.1 Å². The van der Waals surface area contributed by atoms with Crippen LogP contribution in [-0.2, 0) is 14.8 Å².